The van der Waals surface area contributed by atoms with Gasteiger partial charge in [0, 0.05) is 18.7 Å². The number of thiol groups is 1. The summed E-state index contributed by atoms with van der Waals surface area (Å²) in [5.41, 5.74) is 2.93. The predicted molar refractivity (Wildman–Crippen MR) is 112 cm³/mol. The molecule has 7 nitrogen and oxygen atoms in total. The van der Waals surface area contributed by atoms with Crippen LogP contribution in [0.1, 0.15) is 35.6 Å². The van der Waals surface area contributed by atoms with Gasteiger partial charge >= 0.3 is 0 Å². The Labute approximate surface area is 176 Å². The van der Waals surface area contributed by atoms with E-state index in [4.69, 9.17) is 0 Å². The van der Waals surface area contributed by atoms with E-state index in [9.17, 15) is 12.8 Å². The zero-order valence-corrected chi connectivity index (χ0v) is 17.3. The molecule has 1 aliphatic heterocycles. The minimum atomic E-state index is -2.74. The van der Waals surface area contributed by atoms with Crippen molar-refractivity contribution in [2.24, 2.45) is 0 Å². The van der Waals surface area contributed by atoms with Crippen LogP contribution < -0.4 is 4.72 Å². The maximum atomic E-state index is 14.8. The second-order valence-corrected chi connectivity index (χ2v) is 8.28. The lowest BCUT2D eigenvalue weighted by atomic mass is 9.88. The number of aromatic nitrogens is 3. The number of para-hydroxylation sites is 1. The van der Waals surface area contributed by atoms with Crippen LogP contribution in [-0.2, 0) is 24.0 Å². The Balaban J connectivity index is 1.35. The topological polar surface area (TPSA) is 80.1 Å². The number of hydrogen-bond donors (Lipinski definition) is 2. The zero-order chi connectivity index (χ0) is 20.9. The van der Waals surface area contributed by atoms with Gasteiger partial charge in [-0.3, -0.25) is 4.90 Å². The minimum absolute atomic E-state index is 0.0195. The van der Waals surface area contributed by atoms with Crippen LogP contribution >= 0.6 is 0 Å². The van der Waals surface area contributed by atoms with Gasteiger partial charge in [0.05, 0.1) is 17.6 Å². The van der Waals surface area contributed by atoms with E-state index in [0.717, 1.165) is 37.3 Å². The van der Waals surface area contributed by atoms with Gasteiger partial charge in [-0.25, -0.2) is 22.2 Å². The fraction of sp³-hybridized carbons (Fsp3) is 0.333. The van der Waals surface area contributed by atoms with Crippen LogP contribution in [0.25, 0.3) is 5.69 Å². The number of piperidine rings is 1. The molecule has 4 rings (SSSR count). The first-order valence-electron chi connectivity index (χ1n) is 9.94. The zero-order valence-electron chi connectivity index (χ0n) is 16.4. The van der Waals surface area contributed by atoms with Crippen LogP contribution in [0.3, 0.4) is 0 Å². The molecule has 0 aliphatic carbocycles. The van der Waals surface area contributed by atoms with E-state index in [0.29, 0.717) is 17.7 Å². The molecule has 9 heteroatoms. The van der Waals surface area contributed by atoms with Crippen molar-refractivity contribution >= 4 is 10.9 Å². The lowest BCUT2D eigenvalue weighted by molar-refractivity contribution is 0.201. The molecule has 2 heterocycles. The molecule has 1 N–H and O–H groups in total. The minimum Gasteiger partial charge on any atom is -0.297 e. The number of nitrogens with one attached hydrogen (secondary N) is 1. The molecule has 30 heavy (non-hydrogen) atoms. The number of hydrogen-bond acceptors (Lipinski definition) is 5. The van der Waals surface area contributed by atoms with E-state index < -0.39 is 10.9 Å². The highest BCUT2D eigenvalue weighted by atomic mass is 32.2. The van der Waals surface area contributed by atoms with Gasteiger partial charge in [0.25, 0.3) is 0 Å². The van der Waals surface area contributed by atoms with E-state index in [1.807, 2.05) is 42.6 Å². The quantitative estimate of drug-likeness (QED) is 0.564. The molecule has 158 valence electrons. The lowest BCUT2D eigenvalue weighted by Gasteiger charge is -2.32. The van der Waals surface area contributed by atoms with Crippen molar-refractivity contribution in [2.45, 2.75) is 31.8 Å². The molecule has 0 radical (unpaired) electrons. The fourth-order valence-electron chi connectivity index (χ4n) is 3.91. The van der Waals surface area contributed by atoms with Crippen molar-refractivity contribution in [1.82, 2.24) is 24.6 Å². The Kier molecular flexibility index (Phi) is 6.51. The number of likely N-dealkylation sites (tertiary alicyclic amines) is 1. The SMILES string of the molecule is O=[SH](=O)NCc1cccc(C2CCN(Cc3cn(-c4ccccc4)nn3)CC2)c1F. The standard InChI is InChI=1S/C21H24FN5O2S/c22-21-17(13-23-30(28)29)5-4-8-20(21)16-9-11-26(12-10-16)14-18-15-27(25-24-18)19-6-2-1-3-7-19/h1-8,15-16,30H,9-14H2,(H,23,28,29). The normalized spacial score (nSPS) is 15.7. The summed E-state index contributed by atoms with van der Waals surface area (Å²) in [5.74, 6) is -0.173. The predicted octanol–water partition coefficient (Wildman–Crippen LogP) is 2.40. The monoisotopic (exact) mass is 429 g/mol. The van der Waals surface area contributed by atoms with Gasteiger partial charge in [0.15, 0.2) is 0 Å². The highest BCUT2D eigenvalue weighted by Gasteiger charge is 2.24. The summed E-state index contributed by atoms with van der Waals surface area (Å²) in [5, 5.41) is 8.49. The molecule has 0 bridgehead atoms. The molecule has 1 saturated heterocycles. The van der Waals surface area contributed by atoms with Gasteiger partial charge in [0.1, 0.15) is 5.82 Å². The number of halogens is 1. The van der Waals surface area contributed by atoms with Crippen molar-refractivity contribution in [3.63, 3.8) is 0 Å². The third kappa shape index (κ3) is 4.92. The molecule has 3 aromatic rings. The van der Waals surface area contributed by atoms with E-state index in [1.54, 1.807) is 16.8 Å². The van der Waals surface area contributed by atoms with Crippen molar-refractivity contribution in [2.75, 3.05) is 13.1 Å². The molecule has 2 aromatic carbocycles. The first-order chi connectivity index (χ1) is 14.6. The smallest absolute Gasteiger partial charge is 0.201 e. The van der Waals surface area contributed by atoms with Crippen LogP contribution in [0.2, 0.25) is 0 Å². The Morgan fingerprint density at radius 2 is 1.83 bits per heavy atom. The van der Waals surface area contributed by atoms with Gasteiger partial charge in [-0.1, -0.05) is 41.6 Å². The largest absolute Gasteiger partial charge is 0.297 e. The van der Waals surface area contributed by atoms with Gasteiger partial charge in [-0.05, 0) is 49.5 Å². The molecular weight excluding hydrogens is 405 g/mol. The van der Waals surface area contributed by atoms with E-state index in [-0.39, 0.29) is 18.3 Å². The van der Waals surface area contributed by atoms with Crippen LogP contribution in [0.15, 0.2) is 54.7 Å². The van der Waals surface area contributed by atoms with Crippen LogP contribution in [0.4, 0.5) is 4.39 Å². The summed E-state index contributed by atoms with van der Waals surface area (Å²) in [6, 6.07) is 15.1. The Hall–Kier alpha value is -2.62. The molecule has 0 unspecified atom stereocenters. The molecule has 1 aliphatic rings. The summed E-state index contributed by atoms with van der Waals surface area (Å²) in [6.45, 7) is 2.38. The molecule has 1 aromatic heterocycles. The highest BCUT2D eigenvalue weighted by molar-refractivity contribution is 7.70. The third-order valence-electron chi connectivity index (χ3n) is 5.48. The van der Waals surface area contributed by atoms with Crippen LogP contribution in [0.5, 0.6) is 0 Å². The average Bonchev–Trinajstić information content (AvgIpc) is 3.23. The van der Waals surface area contributed by atoms with Crippen molar-refractivity contribution < 1.29 is 12.8 Å². The Morgan fingerprint density at radius 3 is 2.57 bits per heavy atom. The summed E-state index contributed by atoms with van der Waals surface area (Å²) < 4.78 is 40.3. The van der Waals surface area contributed by atoms with Crippen molar-refractivity contribution in [1.29, 1.82) is 0 Å². The molecule has 0 amide bonds. The molecule has 0 atom stereocenters. The summed E-state index contributed by atoms with van der Waals surface area (Å²) in [6.07, 6.45) is 3.63. The van der Waals surface area contributed by atoms with Gasteiger partial charge in [-0.15, -0.1) is 5.10 Å². The second kappa shape index (κ2) is 9.46. The molecule has 0 spiro atoms. The van der Waals surface area contributed by atoms with Gasteiger partial charge in [0.2, 0.25) is 10.9 Å². The maximum Gasteiger partial charge on any atom is 0.201 e. The van der Waals surface area contributed by atoms with Crippen molar-refractivity contribution in [3.8, 4) is 5.69 Å². The average molecular weight is 430 g/mol. The number of rotatable bonds is 7. The van der Waals surface area contributed by atoms with Crippen molar-refractivity contribution in [3.05, 3.63) is 77.4 Å². The first-order valence-corrected chi connectivity index (χ1v) is 11.1. The summed E-state index contributed by atoms with van der Waals surface area (Å²) in [7, 11) is -2.74. The van der Waals surface area contributed by atoms with Crippen LogP contribution in [-0.4, -0.2) is 41.4 Å². The second-order valence-electron chi connectivity index (χ2n) is 7.45. The van der Waals surface area contributed by atoms with Gasteiger partial charge in [-0.2, -0.15) is 0 Å². The summed E-state index contributed by atoms with van der Waals surface area (Å²) >= 11 is 0. The van der Waals surface area contributed by atoms with E-state index >= 15 is 0 Å². The number of nitrogens with zero attached hydrogens (tertiary/aromatic N) is 4. The highest BCUT2D eigenvalue weighted by Crippen LogP contribution is 2.31. The Bertz CT molecular complexity index is 1050. The van der Waals surface area contributed by atoms with Gasteiger partial charge < -0.3 is 0 Å². The first kappa shape index (κ1) is 20.6. The molecule has 1 fully saturated rings. The third-order valence-corrected chi connectivity index (χ3v) is 5.90. The van der Waals surface area contributed by atoms with Crippen LogP contribution in [0, 0.1) is 5.82 Å². The molecular formula is C21H24FN5O2S. The van der Waals surface area contributed by atoms with E-state index in [1.165, 1.54) is 0 Å². The fourth-order valence-corrected chi connectivity index (χ4v) is 4.21. The maximum absolute atomic E-state index is 14.8. The summed E-state index contributed by atoms with van der Waals surface area (Å²) in [4.78, 5) is 2.31. The van der Waals surface area contributed by atoms with E-state index in [2.05, 4.69) is 19.9 Å². The lowest BCUT2D eigenvalue weighted by Crippen LogP contribution is -2.33. The number of benzene rings is 2. The Morgan fingerprint density at radius 1 is 1.07 bits per heavy atom. The molecule has 0 saturated carbocycles.